The van der Waals surface area contributed by atoms with Gasteiger partial charge in [0.05, 0.1) is 23.2 Å². The molecule has 2 aromatic rings. The van der Waals surface area contributed by atoms with Gasteiger partial charge in [-0.25, -0.2) is 0 Å². The molecule has 1 spiro atoms. The average molecular weight is 397 g/mol. The molecular weight excluding hydrogens is 372 g/mol. The van der Waals surface area contributed by atoms with Gasteiger partial charge in [-0.05, 0) is 37.1 Å². The Labute approximate surface area is 169 Å². The van der Waals surface area contributed by atoms with Gasteiger partial charge < -0.3 is 14.4 Å². The molecule has 0 aliphatic carbocycles. The minimum absolute atomic E-state index is 0.121. The van der Waals surface area contributed by atoms with Crippen LogP contribution in [0.2, 0.25) is 0 Å². The summed E-state index contributed by atoms with van der Waals surface area (Å²) in [7, 11) is 0. The SMILES string of the molecule is Cc1cccc(CO[C@@H]2CSC3(C2)CN(C(=O)[C@H]2Cc4ccccc4O2)C3)n1. The third-order valence-electron chi connectivity index (χ3n) is 5.78. The number of carbonyl (C=O) groups is 1. The standard InChI is InChI=1S/C22H24N2O3S/c1-15-5-4-7-17(23-15)11-26-18-10-22(28-12-18)13-24(14-22)21(25)20-9-16-6-2-3-8-19(16)27-20/h2-8,18,20H,9-14H2,1H3/t18-,20+/m0/s1. The number of rotatable bonds is 4. The Morgan fingerprint density at radius 2 is 2.14 bits per heavy atom. The Hall–Kier alpha value is -2.05. The Balaban J connectivity index is 1.11. The van der Waals surface area contributed by atoms with Crippen molar-refractivity contribution in [3.8, 4) is 5.75 Å². The fourth-order valence-corrected chi connectivity index (χ4v) is 5.89. The molecular formula is C22H24N2O3S. The van der Waals surface area contributed by atoms with Crippen molar-refractivity contribution in [2.24, 2.45) is 0 Å². The molecule has 0 unspecified atom stereocenters. The Kier molecular flexibility index (Phi) is 4.56. The van der Waals surface area contributed by atoms with Crippen molar-refractivity contribution in [3.05, 3.63) is 59.4 Å². The third-order valence-corrected chi connectivity index (χ3v) is 7.36. The lowest BCUT2D eigenvalue weighted by Crippen LogP contribution is -2.63. The van der Waals surface area contributed by atoms with Crippen LogP contribution in [0.15, 0.2) is 42.5 Å². The molecule has 0 saturated carbocycles. The van der Waals surface area contributed by atoms with Gasteiger partial charge in [-0.3, -0.25) is 9.78 Å². The van der Waals surface area contributed by atoms with Crippen molar-refractivity contribution in [1.82, 2.24) is 9.88 Å². The number of aryl methyl sites for hydroxylation is 1. The van der Waals surface area contributed by atoms with Crippen LogP contribution >= 0.6 is 11.8 Å². The molecule has 6 heteroatoms. The van der Waals surface area contributed by atoms with Gasteiger partial charge in [0.2, 0.25) is 0 Å². The van der Waals surface area contributed by atoms with E-state index >= 15 is 0 Å². The van der Waals surface area contributed by atoms with Gasteiger partial charge in [0.25, 0.3) is 5.91 Å². The Bertz CT molecular complexity index is 872. The maximum Gasteiger partial charge on any atom is 0.264 e. The second kappa shape index (κ2) is 7.08. The second-order valence-electron chi connectivity index (χ2n) is 8.01. The van der Waals surface area contributed by atoms with Crippen LogP contribution in [0.1, 0.15) is 23.4 Å². The number of aromatic nitrogens is 1. The minimum Gasteiger partial charge on any atom is -0.480 e. The van der Waals surface area contributed by atoms with Crippen LogP contribution in [0.5, 0.6) is 5.75 Å². The topological polar surface area (TPSA) is 51.7 Å². The lowest BCUT2D eigenvalue weighted by atomic mass is 9.92. The number of hydrogen-bond acceptors (Lipinski definition) is 5. The summed E-state index contributed by atoms with van der Waals surface area (Å²) < 4.78 is 12.1. The van der Waals surface area contributed by atoms with Gasteiger partial charge in [0, 0.05) is 31.0 Å². The Morgan fingerprint density at radius 3 is 2.96 bits per heavy atom. The lowest BCUT2D eigenvalue weighted by molar-refractivity contribution is -0.143. The summed E-state index contributed by atoms with van der Waals surface area (Å²) in [4.78, 5) is 19.3. The van der Waals surface area contributed by atoms with E-state index in [0.29, 0.717) is 13.0 Å². The van der Waals surface area contributed by atoms with Crippen LogP contribution in [0, 0.1) is 6.92 Å². The van der Waals surface area contributed by atoms with E-state index in [-0.39, 0.29) is 22.9 Å². The summed E-state index contributed by atoms with van der Waals surface area (Å²) >= 11 is 1.95. The molecule has 5 rings (SSSR count). The van der Waals surface area contributed by atoms with E-state index in [0.717, 1.165) is 48.0 Å². The van der Waals surface area contributed by atoms with Gasteiger partial charge in [-0.2, -0.15) is 0 Å². The van der Waals surface area contributed by atoms with Gasteiger partial charge in [-0.15, -0.1) is 11.8 Å². The number of para-hydroxylation sites is 1. The van der Waals surface area contributed by atoms with Gasteiger partial charge in [0.1, 0.15) is 5.75 Å². The summed E-state index contributed by atoms with van der Waals surface area (Å²) in [5.41, 5.74) is 3.13. The number of carbonyl (C=O) groups excluding carboxylic acids is 1. The first-order valence-corrected chi connectivity index (χ1v) is 10.8. The summed E-state index contributed by atoms with van der Waals surface area (Å²) in [5.74, 6) is 1.96. The van der Waals surface area contributed by atoms with E-state index in [9.17, 15) is 4.79 Å². The van der Waals surface area contributed by atoms with E-state index < -0.39 is 0 Å². The molecule has 2 fully saturated rings. The van der Waals surface area contributed by atoms with Gasteiger partial charge >= 0.3 is 0 Å². The molecule has 5 nitrogen and oxygen atoms in total. The van der Waals surface area contributed by atoms with Crippen molar-refractivity contribution in [2.45, 2.75) is 43.3 Å². The summed E-state index contributed by atoms with van der Waals surface area (Å²) in [6, 6.07) is 14.0. The minimum atomic E-state index is -0.361. The third kappa shape index (κ3) is 3.40. The predicted octanol–water partition coefficient (Wildman–Crippen LogP) is 3.00. The predicted molar refractivity (Wildman–Crippen MR) is 108 cm³/mol. The van der Waals surface area contributed by atoms with E-state index in [4.69, 9.17) is 9.47 Å². The zero-order chi connectivity index (χ0) is 19.1. The molecule has 0 bridgehead atoms. The number of fused-ring (bicyclic) bond motifs is 1. The molecule has 1 aromatic carbocycles. The largest absolute Gasteiger partial charge is 0.480 e. The smallest absolute Gasteiger partial charge is 0.264 e. The first-order chi connectivity index (χ1) is 13.6. The number of likely N-dealkylation sites (tertiary alicyclic amines) is 1. The van der Waals surface area contributed by atoms with Gasteiger partial charge in [0.15, 0.2) is 6.10 Å². The number of benzene rings is 1. The Morgan fingerprint density at radius 1 is 1.29 bits per heavy atom. The maximum absolute atomic E-state index is 12.8. The van der Waals surface area contributed by atoms with E-state index in [1.54, 1.807) is 0 Å². The second-order valence-corrected chi connectivity index (χ2v) is 9.50. The number of nitrogens with zero attached hydrogens (tertiary/aromatic N) is 2. The molecule has 28 heavy (non-hydrogen) atoms. The zero-order valence-electron chi connectivity index (χ0n) is 16.0. The summed E-state index contributed by atoms with van der Waals surface area (Å²) in [6.45, 7) is 4.15. The highest BCUT2D eigenvalue weighted by Gasteiger charge is 2.52. The quantitative estimate of drug-likeness (QED) is 0.795. The highest BCUT2D eigenvalue weighted by atomic mass is 32.2. The fourth-order valence-electron chi connectivity index (χ4n) is 4.34. The van der Waals surface area contributed by atoms with E-state index in [1.165, 1.54) is 0 Å². The van der Waals surface area contributed by atoms with Crippen LogP contribution in [0.4, 0.5) is 0 Å². The van der Waals surface area contributed by atoms with Crippen LogP contribution in [-0.2, 0) is 22.6 Å². The highest BCUT2D eigenvalue weighted by Crippen LogP contribution is 2.46. The molecule has 4 heterocycles. The molecule has 1 amide bonds. The van der Waals surface area contributed by atoms with Crippen LogP contribution in [0.3, 0.4) is 0 Å². The molecule has 146 valence electrons. The molecule has 3 aliphatic rings. The van der Waals surface area contributed by atoms with Crippen molar-refractivity contribution in [3.63, 3.8) is 0 Å². The number of ether oxygens (including phenoxy) is 2. The van der Waals surface area contributed by atoms with E-state index in [1.807, 2.05) is 66.1 Å². The molecule has 0 radical (unpaired) electrons. The molecule has 2 saturated heterocycles. The molecule has 3 aliphatic heterocycles. The number of hydrogen-bond donors (Lipinski definition) is 0. The highest BCUT2D eigenvalue weighted by molar-refractivity contribution is 8.01. The normalized spacial score (nSPS) is 24.7. The molecule has 2 atom stereocenters. The monoisotopic (exact) mass is 396 g/mol. The summed E-state index contributed by atoms with van der Waals surface area (Å²) in [6.07, 6.45) is 1.55. The van der Waals surface area contributed by atoms with Gasteiger partial charge in [-0.1, -0.05) is 24.3 Å². The van der Waals surface area contributed by atoms with Crippen molar-refractivity contribution in [2.75, 3.05) is 18.8 Å². The van der Waals surface area contributed by atoms with Crippen LogP contribution in [-0.4, -0.2) is 51.6 Å². The number of thioether (sulfide) groups is 1. The number of amides is 1. The van der Waals surface area contributed by atoms with Crippen molar-refractivity contribution < 1.29 is 14.3 Å². The van der Waals surface area contributed by atoms with Crippen LogP contribution < -0.4 is 4.74 Å². The first kappa shape index (κ1) is 18.0. The molecule has 1 aromatic heterocycles. The first-order valence-electron chi connectivity index (χ1n) is 9.82. The van der Waals surface area contributed by atoms with Crippen molar-refractivity contribution >= 4 is 17.7 Å². The zero-order valence-corrected chi connectivity index (χ0v) is 16.8. The average Bonchev–Trinajstić information content (AvgIpc) is 3.29. The molecule has 0 N–H and O–H groups in total. The lowest BCUT2D eigenvalue weighted by Gasteiger charge is -2.48. The maximum atomic E-state index is 12.8. The van der Waals surface area contributed by atoms with Crippen molar-refractivity contribution in [1.29, 1.82) is 0 Å². The number of pyridine rings is 1. The fraction of sp³-hybridized carbons (Fsp3) is 0.455. The van der Waals surface area contributed by atoms with E-state index in [2.05, 4.69) is 4.98 Å². The summed E-state index contributed by atoms with van der Waals surface area (Å²) in [5, 5.41) is 0. The van der Waals surface area contributed by atoms with Crippen LogP contribution in [0.25, 0.3) is 0 Å².